The van der Waals surface area contributed by atoms with Gasteiger partial charge in [-0.2, -0.15) is 0 Å². The van der Waals surface area contributed by atoms with Crippen LogP contribution in [0.2, 0.25) is 0 Å². The van der Waals surface area contributed by atoms with Gasteiger partial charge in [-0.15, -0.1) is 0 Å². The molecule has 7 fully saturated rings. The number of rotatable bonds is 3. The van der Waals surface area contributed by atoms with Gasteiger partial charge in [-0.25, -0.2) is 0 Å². The molecule has 1 aromatic heterocycles. The van der Waals surface area contributed by atoms with Gasteiger partial charge in [-0.3, -0.25) is 0 Å². The number of fused-ring (bicyclic) bond motifs is 9. The zero-order valence-electron chi connectivity index (χ0n) is 20.0. The molecule has 2 bridgehead atoms. The van der Waals surface area contributed by atoms with Crippen LogP contribution >= 0.6 is 12.7 Å². The van der Waals surface area contributed by atoms with Gasteiger partial charge < -0.3 is 0 Å². The first-order chi connectivity index (χ1) is 18.2. The van der Waals surface area contributed by atoms with Crippen LogP contribution in [0.3, 0.4) is 0 Å². The van der Waals surface area contributed by atoms with Crippen molar-refractivity contribution in [2.45, 2.75) is 0 Å². The topological polar surface area (TPSA) is 17.0 Å². The van der Waals surface area contributed by atoms with Crippen molar-refractivity contribution in [2.75, 3.05) is 0 Å². The van der Waals surface area contributed by atoms with Gasteiger partial charge in [0.1, 0.15) is 0 Å². The summed E-state index contributed by atoms with van der Waals surface area (Å²) in [6.45, 7) is 5.88. The first-order valence-corrected chi connectivity index (χ1v) is 18.9. The van der Waals surface area contributed by atoms with Crippen molar-refractivity contribution in [1.82, 2.24) is 9.42 Å². The Bertz CT molecular complexity index is 2090. The molecular weight excluding hydrogens is 476 g/mol. The molecule has 13 heteroatoms. The molecule has 14 rings (SSSR count). The molecular formula is C24H14B9N2P2-2. The molecule has 9 aliphatic rings. The molecule has 7 saturated heterocycles. The number of nitrogens with one attached hydrogen (secondary N) is 1. The van der Waals surface area contributed by atoms with E-state index in [9.17, 15) is 0 Å². The van der Waals surface area contributed by atoms with E-state index in [2.05, 4.69) is 104 Å². The second-order valence-corrected chi connectivity index (χ2v) is 23.6. The molecule has 0 aliphatic carbocycles. The Morgan fingerprint density at radius 3 is 2.30 bits per heavy atom. The molecule has 2 nitrogen and oxygen atoms in total. The minimum absolute atomic E-state index is 0.352. The number of hydrogen-bond donors (Lipinski definition) is 1. The van der Waals surface area contributed by atoms with Crippen LogP contribution < -0.4 is 26.6 Å². The van der Waals surface area contributed by atoms with E-state index in [4.69, 9.17) is 4.86 Å². The number of hydrogen-bond acceptors (Lipinski definition) is 1. The summed E-state index contributed by atoms with van der Waals surface area (Å²) >= 11 is 0. The Kier molecular flexibility index (Phi) is 2.34. The predicted octanol–water partition coefficient (Wildman–Crippen LogP) is 0.949. The average molecular weight is 490 g/mol. The van der Waals surface area contributed by atoms with Crippen LogP contribution in [0.5, 0.6) is 0 Å². The van der Waals surface area contributed by atoms with Crippen LogP contribution in [0.15, 0.2) is 78.9 Å². The molecule has 9 aliphatic heterocycles. The van der Waals surface area contributed by atoms with E-state index in [1.807, 2.05) is 0 Å². The summed E-state index contributed by atoms with van der Waals surface area (Å²) in [5.74, 6) is 0. The Balaban J connectivity index is 1.17. The van der Waals surface area contributed by atoms with Gasteiger partial charge in [-0.05, 0) is 0 Å². The van der Waals surface area contributed by atoms with E-state index in [-0.39, 0.29) is 0 Å². The maximum atomic E-state index is 4.72. The van der Waals surface area contributed by atoms with Gasteiger partial charge in [0.05, 0.1) is 0 Å². The van der Waals surface area contributed by atoms with Gasteiger partial charge in [-0.1, -0.05) is 0 Å². The third-order valence-electron chi connectivity index (χ3n) is 12.5. The molecule has 1 N–H and O–H groups in total. The summed E-state index contributed by atoms with van der Waals surface area (Å²) < 4.78 is 2.58. The van der Waals surface area contributed by atoms with Crippen molar-refractivity contribution in [2.24, 2.45) is 0 Å². The standard InChI is InChI=1S/C24H14B9N2P2/c1-2-11-19-14(6-1)17-9-3-10-18-24(17)35(19)20-12-4-7-15-16-8-5-13-21(23(16)28(18)22(15)20)36(29-25-30(36)33(29)36)34-37-26-31(37)32(37)27-37/h1-13,34H/q-2. The van der Waals surface area contributed by atoms with E-state index in [1.165, 1.54) is 44.1 Å². The maximum absolute atomic E-state index is 4.72. The van der Waals surface area contributed by atoms with Gasteiger partial charge in [0.2, 0.25) is 0 Å². The fourth-order valence-electron chi connectivity index (χ4n) is 10.5. The molecule has 5 radical (unpaired) electrons. The molecule has 1 spiro atoms. The fourth-order valence-corrected chi connectivity index (χ4v) is 30.0. The van der Waals surface area contributed by atoms with E-state index in [1.54, 1.807) is 16.2 Å². The van der Waals surface area contributed by atoms with Gasteiger partial charge in [0.25, 0.3) is 0 Å². The van der Waals surface area contributed by atoms with Crippen molar-refractivity contribution in [3.8, 4) is 16.8 Å². The van der Waals surface area contributed by atoms with Crippen molar-refractivity contribution >= 4 is 115 Å². The zero-order chi connectivity index (χ0) is 23.3. The van der Waals surface area contributed by atoms with Crippen molar-refractivity contribution in [3.63, 3.8) is 0 Å². The van der Waals surface area contributed by atoms with Crippen molar-refractivity contribution in [1.29, 1.82) is 0 Å². The number of para-hydroxylation sites is 2. The molecule has 0 unspecified atom stereocenters. The van der Waals surface area contributed by atoms with Crippen LogP contribution in [0.4, 0.5) is 0 Å². The van der Waals surface area contributed by atoms with E-state index in [0.717, 1.165) is 31.1 Å². The Labute approximate surface area is 219 Å². The normalized spacial score (nSPS) is 27.4. The van der Waals surface area contributed by atoms with Crippen LogP contribution in [0.1, 0.15) is 0 Å². The van der Waals surface area contributed by atoms with E-state index in [0.29, 0.717) is 6.71 Å². The Morgan fingerprint density at radius 1 is 0.784 bits per heavy atom. The fraction of sp³-hybridized carbons (Fsp3) is 0. The Morgan fingerprint density at radius 2 is 1.54 bits per heavy atom. The van der Waals surface area contributed by atoms with Crippen LogP contribution in [-0.2, 0) is 0 Å². The van der Waals surface area contributed by atoms with Gasteiger partial charge in [0, 0.05) is 0 Å². The van der Waals surface area contributed by atoms with Crippen molar-refractivity contribution < 1.29 is 0 Å². The second-order valence-electron chi connectivity index (χ2n) is 13.3. The number of nitrogens with zero attached hydrogens (tertiary/aromatic N) is 1. The second kappa shape index (κ2) is 4.70. The minimum atomic E-state index is -2.01. The van der Waals surface area contributed by atoms with Crippen molar-refractivity contribution in [3.05, 3.63) is 78.9 Å². The SMILES string of the molecule is [B]1B2B3[B-]P123NP12(c3cccc4c3B3c5c-4cccc5-n4c5ccccc5c5cccc3c54)B3[B-]B1B32. The molecule has 5 aromatic rings. The van der Waals surface area contributed by atoms with Gasteiger partial charge in [0.15, 0.2) is 0 Å². The van der Waals surface area contributed by atoms with Gasteiger partial charge >= 0.3 is 220 Å². The molecule has 4 aromatic carbocycles. The van der Waals surface area contributed by atoms with E-state index >= 15 is 0 Å². The quantitative estimate of drug-likeness (QED) is 0.289. The summed E-state index contributed by atoms with van der Waals surface area (Å²) in [7, 11) is 2.72. The number of aromatic nitrogens is 1. The summed E-state index contributed by atoms with van der Waals surface area (Å²) in [5.41, 5.74) is 11.9. The summed E-state index contributed by atoms with van der Waals surface area (Å²) in [6, 6.07) is 30.6. The molecule has 37 heavy (non-hydrogen) atoms. The third-order valence-corrected chi connectivity index (χ3v) is 27.0. The summed E-state index contributed by atoms with van der Waals surface area (Å²) in [4.78, 5) is 4.72. The molecule has 0 atom stereocenters. The zero-order valence-corrected chi connectivity index (χ0v) is 21.8. The van der Waals surface area contributed by atoms with E-state index < -0.39 is 12.7 Å². The first kappa shape index (κ1) is 18.4. The molecule has 159 valence electrons. The van der Waals surface area contributed by atoms with Crippen LogP contribution in [0.25, 0.3) is 38.6 Å². The summed E-state index contributed by atoms with van der Waals surface area (Å²) in [5, 5.41) is 4.57. The molecule has 0 saturated carbocycles. The summed E-state index contributed by atoms with van der Waals surface area (Å²) in [6.07, 6.45) is 1.13. The average Bonchev–Trinajstić information content (AvgIpc) is 3.85. The molecule has 10 heterocycles. The Hall–Kier alpha value is -1.92. The first-order valence-electron chi connectivity index (χ1n) is 13.9. The monoisotopic (exact) mass is 491 g/mol. The van der Waals surface area contributed by atoms with Crippen LogP contribution in [-0.4, -0.2) is 63.2 Å². The number of benzene rings is 4. The predicted molar refractivity (Wildman–Crippen MR) is 174 cm³/mol. The van der Waals surface area contributed by atoms with Crippen LogP contribution in [0, 0.1) is 0 Å². The molecule has 0 amide bonds. The third kappa shape index (κ3) is 1.42.